The Labute approximate surface area is 87.9 Å². The molecule has 0 amide bonds. The monoisotopic (exact) mass is 225 g/mol. The summed E-state index contributed by atoms with van der Waals surface area (Å²) in [6, 6.07) is 0. The molecular formula is C8H4ClN3O3. The maximum atomic E-state index is 11.2. The summed E-state index contributed by atoms with van der Waals surface area (Å²) in [5, 5.41) is 8.83. The Hall–Kier alpha value is -1.95. The predicted molar refractivity (Wildman–Crippen MR) is 50.9 cm³/mol. The lowest BCUT2D eigenvalue weighted by Crippen LogP contribution is -2.12. The second-order valence-corrected chi connectivity index (χ2v) is 3.08. The maximum Gasteiger partial charge on any atom is 0.377 e. The second kappa shape index (κ2) is 3.32. The Morgan fingerprint density at radius 2 is 2.13 bits per heavy atom. The highest BCUT2D eigenvalue weighted by atomic mass is 35.5. The first-order chi connectivity index (χ1) is 7.11. The van der Waals surface area contributed by atoms with Gasteiger partial charge in [-0.05, 0) is 0 Å². The molecule has 2 N–H and O–H groups in total. The van der Waals surface area contributed by atoms with Gasteiger partial charge in [-0.25, -0.2) is 14.8 Å². The summed E-state index contributed by atoms with van der Waals surface area (Å²) in [6.07, 6.45) is 2.47. The van der Waals surface area contributed by atoms with E-state index in [1.54, 1.807) is 0 Å². The molecule has 2 rings (SSSR count). The van der Waals surface area contributed by atoms with Crippen molar-refractivity contribution in [1.82, 2.24) is 15.0 Å². The van der Waals surface area contributed by atoms with Crippen LogP contribution in [0.2, 0.25) is 5.15 Å². The van der Waals surface area contributed by atoms with E-state index >= 15 is 0 Å². The Kier molecular flexibility index (Phi) is 2.12. The lowest BCUT2D eigenvalue weighted by atomic mass is 10.1. The molecule has 7 heteroatoms. The molecule has 0 spiro atoms. The molecule has 2 aromatic rings. The quantitative estimate of drug-likeness (QED) is 0.449. The molecule has 6 nitrogen and oxygen atoms in total. The van der Waals surface area contributed by atoms with Crippen molar-refractivity contribution in [3.8, 4) is 0 Å². The van der Waals surface area contributed by atoms with Gasteiger partial charge in [0.15, 0.2) is 0 Å². The number of H-pyrrole nitrogens is 1. The Morgan fingerprint density at radius 3 is 2.80 bits per heavy atom. The molecule has 2 heterocycles. The molecule has 0 fully saturated rings. The third kappa shape index (κ3) is 1.44. The van der Waals surface area contributed by atoms with E-state index in [0.717, 1.165) is 0 Å². The fourth-order valence-corrected chi connectivity index (χ4v) is 1.45. The normalized spacial score (nSPS) is 10.5. The highest BCUT2D eigenvalue weighted by Gasteiger charge is 2.21. The van der Waals surface area contributed by atoms with Crippen molar-refractivity contribution in [2.45, 2.75) is 0 Å². The molecule has 0 bridgehead atoms. The van der Waals surface area contributed by atoms with Crippen molar-refractivity contribution < 1.29 is 14.7 Å². The van der Waals surface area contributed by atoms with Gasteiger partial charge < -0.3 is 10.1 Å². The van der Waals surface area contributed by atoms with Gasteiger partial charge in [-0.15, -0.1) is 0 Å². The van der Waals surface area contributed by atoms with E-state index in [0.29, 0.717) is 5.65 Å². The number of carbonyl (C=O) groups is 2. The van der Waals surface area contributed by atoms with Crippen LogP contribution < -0.4 is 0 Å². The first-order valence-corrected chi connectivity index (χ1v) is 4.24. The van der Waals surface area contributed by atoms with Gasteiger partial charge in [0.25, 0.3) is 5.78 Å². The third-order valence-corrected chi connectivity index (χ3v) is 2.15. The van der Waals surface area contributed by atoms with Crippen LogP contribution in [-0.4, -0.2) is 31.8 Å². The van der Waals surface area contributed by atoms with Crippen LogP contribution in [0.3, 0.4) is 0 Å². The van der Waals surface area contributed by atoms with E-state index in [-0.39, 0.29) is 16.1 Å². The summed E-state index contributed by atoms with van der Waals surface area (Å²) in [6.45, 7) is 0. The smallest absolute Gasteiger partial charge is 0.377 e. The van der Waals surface area contributed by atoms with Crippen LogP contribution in [0.5, 0.6) is 0 Å². The summed E-state index contributed by atoms with van der Waals surface area (Å²) in [5.74, 6) is -2.59. The minimum atomic E-state index is -1.55. The van der Waals surface area contributed by atoms with Crippen LogP contribution in [0.25, 0.3) is 11.0 Å². The summed E-state index contributed by atoms with van der Waals surface area (Å²) in [5.41, 5.74) is 0.294. The minimum Gasteiger partial charge on any atom is -0.475 e. The molecule has 0 aliphatic carbocycles. The molecule has 0 aliphatic rings. The number of Topliss-reactive ketones (excluding diaryl/α,β-unsaturated/α-hetero) is 1. The van der Waals surface area contributed by atoms with Crippen LogP contribution in [0.1, 0.15) is 10.4 Å². The summed E-state index contributed by atoms with van der Waals surface area (Å²) >= 11 is 5.74. The lowest BCUT2D eigenvalue weighted by molar-refractivity contribution is -0.131. The summed E-state index contributed by atoms with van der Waals surface area (Å²) in [7, 11) is 0. The van der Waals surface area contributed by atoms with Gasteiger partial charge in [-0.1, -0.05) is 11.6 Å². The summed E-state index contributed by atoms with van der Waals surface area (Å²) in [4.78, 5) is 31.9. The number of fused-ring (bicyclic) bond motifs is 1. The number of carboxylic acid groups (broad SMARTS) is 1. The molecule has 0 atom stereocenters. The van der Waals surface area contributed by atoms with Crippen LogP contribution in [0.15, 0.2) is 12.5 Å². The Bertz CT molecular complexity index is 563. The number of hydrogen-bond acceptors (Lipinski definition) is 4. The zero-order valence-corrected chi connectivity index (χ0v) is 7.95. The molecule has 2 aromatic heterocycles. The van der Waals surface area contributed by atoms with Gasteiger partial charge in [0, 0.05) is 6.20 Å². The zero-order chi connectivity index (χ0) is 11.0. The van der Waals surface area contributed by atoms with Gasteiger partial charge in [-0.2, -0.15) is 0 Å². The number of halogens is 1. The molecule has 0 unspecified atom stereocenters. The number of hydrogen-bond donors (Lipinski definition) is 2. The van der Waals surface area contributed by atoms with E-state index in [1.807, 2.05) is 0 Å². The molecule has 15 heavy (non-hydrogen) atoms. The number of rotatable bonds is 2. The van der Waals surface area contributed by atoms with E-state index in [2.05, 4.69) is 15.0 Å². The third-order valence-electron chi connectivity index (χ3n) is 1.86. The largest absolute Gasteiger partial charge is 0.475 e. The summed E-state index contributed by atoms with van der Waals surface area (Å²) < 4.78 is 0. The van der Waals surface area contributed by atoms with Crippen LogP contribution >= 0.6 is 11.6 Å². The highest BCUT2D eigenvalue weighted by molar-refractivity contribution is 6.44. The standard InChI is InChI=1S/C8H4ClN3O3/c9-6-4-3(5(13)8(14)15)1-10-7(4)12-2-11-6/h1-2H,(H,14,15)(H,10,11,12). The Balaban J connectivity index is 2.73. The topological polar surface area (TPSA) is 95.9 Å². The fraction of sp³-hybridized carbons (Fsp3) is 0. The Morgan fingerprint density at radius 1 is 1.40 bits per heavy atom. The predicted octanol–water partition coefficient (Wildman–Crippen LogP) is 0.879. The van der Waals surface area contributed by atoms with Crippen LogP contribution in [0.4, 0.5) is 0 Å². The highest BCUT2D eigenvalue weighted by Crippen LogP contribution is 2.23. The van der Waals surface area contributed by atoms with E-state index in [1.165, 1.54) is 12.5 Å². The van der Waals surface area contributed by atoms with Crippen molar-refractivity contribution in [3.05, 3.63) is 23.2 Å². The first-order valence-electron chi connectivity index (χ1n) is 3.86. The average Bonchev–Trinajstić information content (AvgIpc) is 2.61. The number of ketones is 1. The molecule has 76 valence electrons. The minimum absolute atomic E-state index is 0.0388. The molecular weight excluding hydrogens is 222 g/mol. The van der Waals surface area contributed by atoms with Crippen molar-refractivity contribution in [2.24, 2.45) is 0 Å². The molecule has 0 saturated heterocycles. The number of carbonyl (C=O) groups excluding carboxylic acids is 1. The fourth-order valence-electron chi connectivity index (χ4n) is 1.22. The number of carboxylic acids is 1. The molecule has 0 saturated carbocycles. The van der Waals surface area contributed by atoms with Crippen molar-refractivity contribution in [3.63, 3.8) is 0 Å². The molecule has 0 aliphatic heterocycles. The van der Waals surface area contributed by atoms with E-state index < -0.39 is 11.8 Å². The van der Waals surface area contributed by atoms with Gasteiger partial charge in [0.2, 0.25) is 0 Å². The van der Waals surface area contributed by atoms with Crippen LogP contribution in [-0.2, 0) is 4.79 Å². The van der Waals surface area contributed by atoms with E-state index in [9.17, 15) is 9.59 Å². The van der Waals surface area contributed by atoms with Crippen LogP contribution in [0, 0.1) is 0 Å². The lowest BCUT2D eigenvalue weighted by Gasteiger charge is -1.94. The number of nitrogens with zero attached hydrogens (tertiary/aromatic N) is 2. The molecule has 0 radical (unpaired) electrons. The SMILES string of the molecule is O=C(O)C(=O)c1c[nH]c2ncnc(Cl)c12. The number of nitrogens with one attached hydrogen (secondary N) is 1. The van der Waals surface area contributed by atoms with Gasteiger partial charge in [-0.3, -0.25) is 4.79 Å². The molecule has 0 aromatic carbocycles. The van der Waals surface area contributed by atoms with E-state index in [4.69, 9.17) is 16.7 Å². The number of aromatic nitrogens is 3. The van der Waals surface area contributed by atoms with Gasteiger partial charge in [0.1, 0.15) is 17.1 Å². The zero-order valence-electron chi connectivity index (χ0n) is 7.19. The second-order valence-electron chi connectivity index (χ2n) is 2.72. The van der Waals surface area contributed by atoms with Gasteiger partial charge >= 0.3 is 5.97 Å². The number of aliphatic carboxylic acids is 1. The average molecular weight is 226 g/mol. The van der Waals surface area contributed by atoms with Gasteiger partial charge in [0.05, 0.1) is 10.9 Å². The maximum absolute atomic E-state index is 11.2. The van der Waals surface area contributed by atoms with Crippen molar-refractivity contribution >= 4 is 34.4 Å². The van der Waals surface area contributed by atoms with Crippen molar-refractivity contribution in [2.75, 3.05) is 0 Å². The van der Waals surface area contributed by atoms with Crippen molar-refractivity contribution in [1.29, 1.82) is 0 Å². The number of aromatic amines is 1. The first kappa shape index (κ1) is 9.60.